The third-order valence-electron chi connectivity index (χ3n) is 5.97. The Morgan fingerprint density at radius 1 is 1.04 bits per heavy atom. The first-order valence-electron chi connectivity index (χ1n) is 9.33. The number of rotatable bonds is 2. The van der Waals surface area contributed by atoms with Crippen molar-refractivity contribution in [2.45, 2.75) is 25.4 Å². The predicted octanol–water partition coefficient (Wildman–Crippen LogP) is 2.81. The number of nitrogens with one attached hydrogen (secondary N) is 1. The molecule has 5 rings (SSSR count). The highest BCUT2D eigenvalue weighted by molar-refractivity contribution is 6.00. The van der Waals surface area contributed by atoms with Crippen molar-refractivity contribution in [1.29, 1.82) is 0 Å². The van der Waals surface area contributed by atoms with Crippen LogP contribution in [-0.2, 0) is 28.1 Å². The van der Waals surface area contributed by atoms with Gasteiger partial charge in [0.1, 0.15) is 6.54 Å². The number of aromatic nitrogens is 1. The fraction of sp³-hybridized carbons (Fsp3) is 0.273. The van der Waals surface area contributed by atoms with E-state index in [-0.39, 0.29) is 18.4 Å². The van der Waals surface area contributed by atoms with Crippen molar-refractivity contribution in [2.24, 2.45) is 0 Å². The number of piperazine rings is 1. The number of aromatic amines is 1. The normalized spacial score (nSPS) is 22.1. The number of para-hydroxylation sites is 1. The molecule has 0 saturated carbocycles. The first kappa shape index (κ1) is 16.1. The standard InChI is InChI=1S/C22H21N3O2/c1-22-20-17(16-9-5-6-10-18(16)23-20)11-12-25(22)19(26)14-24(21(22)27)13-15-7-3-2-4-8-15/h2-10,23H,11-14H2,1H3/t22-/m1/s1. The molecular formula is C22H21N3O2. The Hall–Kier alpha value is -3.08. The Labute approximate surface area is 157 Å². The highest BCUT2D eigenvalue weighted by atomic mass is 16.2. The monoisotopic (exact) mass is 359 g/mol. The SMILES string of the molecule is C[C@@]12C(=O)N(Cc3ccccc3)CC(=O)N1CCc1c2[nH]c2ccccc12. The van der Waals surface area contributed by atoms with Crippen molar-refractivity contribution < 1.29 is 9.59 Å². The zero-order valence-corrected chi connectivity index (χ0v) is 15.2. The summed E-state index contributed by atoms with van der Waals surface area (Å²) in [6, 6.07) is 17.9. The van der Waals surface area contributed by atoms with Crippen molar-refractivity contribution in [3.05, 3.63) is 71.4 Å². The number of carbonyl (C=O) groups is 2. The molecule has 136 valence electrons. The topological polar surface area (TPSA) is 56.4 Å². The lowest BCUT2D eigenvalue weighted by Gasteiger charge is -2.49. The van der Waals surface area contributed by atoms with Gasteiger partial charge in [-0.1, -0.05) is 48.5 Å². The molecule has 5 heteroatoms. The molecule has 2 amide bonds. The van der Waals surface area contributed by atoms with Crippen LogP contribution >= 0.6 is 0 Å². The van der Waals surface area contributed by atoms with E-state index in [1.165, 1.54) is 0 Å². The van der Waals surface area contributed by atoms with E-state index in [1.807, 2.05) is 55.5 Å². The summed E-state index contributed by atoms with van der Waals surface area (Å²) in [6.07, 6.45) is 0.770. The van der Waals surface area contributed by atoms with E-state index in [1.54, 1.807) is 9.80 Å². The molecule has 5 nitrogen and oxygen atoms in total. The molecule has 1 saturated heterocycles. The second-order valence-electron chi connectivity index (χ2n) is 7.54. The van der Waals surface area contributed by atoms with Gasteiger partial charge in [0.2, 0.25) is 5.91 Å². The van der Waals surface area contributed by atoms with Crippen LogP contribution in [0.5, 0.6) is 0 Å². The summed E-state index contributed by atoms with van der Waals surface area (Å²) in [6.45, 7) is 3.05. The maximum atomic E-state index is 13.6. The van der Waals surface area contributed by atoms with Crippen molar-refractivity contribution in [3.63, 3.8) is 0 Å². The van der Waals surface area contributed by atoms with E-state index in [4.69, 9.17) is 0 Å². The molecule has 1 N–H and O–H groups in total. The minimum Gasteiger partial charge on any atom is -0.356 e. The average Bonchev–Trinajstić information content (AvgIpc) is 3.07. The van der Waals surface area contributed by atoms with Crippen molar-refractivity contribution in [1.82, 2.24) is 14.8 Å². The molecule has 2 aliphatic rings. The summed E-state index contributed by atoms with van der Waals surface area (Å²) >= 11 is 0. The minimum absolute atomic E-state index is 0.0114. The lowest BCUT2D eigenvalue weighted by molar-refractivity contribution is -0.166. The summed E-state index contributed by atoms with van der Waals surface area (Å²) in [4.78, 5) is 33.4. The van der Waals surface area contributed by atoms with Gasteiger partial charge in [0.05, 0.1) is 5.69 Å². The Balaban J connectivity index is 1.61. The van der Waals surface area contributed by atoms with Crippen LogP contribution in [0.1, 0.15) is 23.7 Å². The Kier molecular flexibility index (Phi) is 3.41. The highest BCUT2D eigenvalue weighted by Crippen LogP contribution is 2.42. The van der Waals surface area contributed by atoms with Crippen LogP contribution in [0, 0.1) is 0 Å². The van der Waals surface area contributed by atoms with Gasteiger partial charge in [-0.05, 0) is 30.5 Å². The third kappa shape index (κ3) is 2.24. The summed E-state index contributed by atoms with van der Waals surface area (Å²) < 4.78 is 0. The molecule has 1 atom stereocenters. The van der Waals surface area contributed by atoms with E-state index < -0.39 is 5.54 Å². The molecule has 27 heavy (non-hydrogen) atoms. The predicted molar refractivity (Wildman–Crippen MR) is 103 cm³/mol. The lowest BCUT2D eigenvalue weighted by Crippen LogP contribution is -2.66. The van der Waals surface area contributed by atoms with Gasteiger partial charge in [-0.3, -0.25) is 9.59 Å². The first-order valence-corrected chi connectivity index (χ1v) is 9.33. The molecular weight excluding hydrogens is 338 g/mol. The molecule has 1 aromatic heterocycles. The molecule has 0 spiro atoms. The van der Waals surface area contributed by atoms with Crippen LogP contribution in [0.4, 0.5) is 0 Å². The van der Waals surface area contributed by atoms with Gasteiger partial charge in [0.15, 0.2) is 5.54 Å². The molecule has 0 bridgehead atoms. The van der Waals surface area contributed by atoms with Gasteiger partial charge in [-0.15, -0.1) is 0 Å². The van der Waals surface area contributed by atoms with E-state index in [0.29, 0.717) is 13.1 Å². The number of benzene rings is 2. The molecule has 0 radical (unpaired) electrons. The minimum atomic E-state index is -0.975. The molecule has 3 aromatic rings. The van der Waals surface area contributed by atoms with Gasteiger partial charge < -0.3 is 14.8 Å². The number of carbonyl (C=O) groups excluding carboxylic acids is 2. The summed E-state index contributed by atoms with van der Waals surface area (Å²) in [5, 5.41) is 1.15. The van der Waals surface area contributed by atoms with Crippen molar-refractivity contribution in [3.8, 4) is 0 Å². The summed E-state index contributed by atoms with van der Waals surface area (Å²) in [5.41, 5.74) is 3.10. The number of amides is 2. The van der Waals surface area contributed by atoms with Crippen LogP contribution in [0.25, 0.3) is 10.9 Å². The van der Waals surface area contributed by atoms with Crippen LogP contribution in [0.2, 0.25) is 0 Å². The van der Waals surface area contributed by atoms with Gasteiger partial charge in [-0.25, -0.2) is 0 Å². The van der Waals surface area contributed by atoms with E-state index in [2.05, 4.69) is 11.1 Å². The molecule has 0 aliphatic carbocycles. The van der Waals surface area contributed by atoms with Gasteiger partial charge in [-0.2, -0.15) is 0 Å². The fourth-order valence-electron chi connectivity index (χ4n) is 4.61. The van der Waals surface area contributed by atoms with Crippen molar-refractivity contribution >= 4 is 22.7 Å². The third-order valence-corrected chi connectivity index (χ3v) is 5.97. The molecule has 0 unspecified atom stereocenters. The number of H-pyrrole nitrogens is 1. The summed E-state index contributed by atoms with van der Waals surface area (Å²) in [7, 11) is 0. The molecule has 1 fully saturated rings. The molecule has 3 heterocycles. The Morgan fingerprint density at radius 2 is 1.78 bits per heavy atom. The van der Waals surface area contributed by atoms with E-state index in [0.717, 1.165) is 34.1 Å². The smallest absolute Gasteiger partial charge is 0.255 e. The zero-order valence-electron chi connectivity index (χ0n) is 15.2. The number of hydrogen-bond donors (Lipinski definition) is 1. The van der Waals surface area contributed by atoms with Gasteiger partial charge >= 0.3 is 0 Å². The second-order valence-corrected chi connectivity index (χ2v) is 7.54. The Bertz CT molecular complexity index is 1060. The average molecular weight is 359 g/mol. The Morgan fingerprint density at radius 3 is 2.59 bits per heavy atom. The fourth-order valence-corrected chi connectivity index (χ4v) is 4.61. The van der Waals surface area contributed by atoms with Crippen LogP contribution in [-0.4, -0.2) is 39.7 Å². The van der Waals surface area contributed by atoms with Crippen LogP contribution < -0.4 is 0 Å². The van der Waals surface area contributed by atoms with Crippen LogP contribution in [0.3, 0.4) is 0 Å². The number of nitrogens with zero attached hydrogens (tertiary/aromatic N) is 2. The van der Waals surface area contributed by atoms with Crippen LogP contribution in [0.15, 0.2) is 54.6 Å². The van der Waals surface area contributed by atoms with E-state index >= 15 is 0 Å². The quantitative estimate of drug-likeness (QED) is 0.765. The summed E-state index contributed by atoms with van der Waals surface area (Å²) in [5.74, 6) is -0.00389. The maximum absolute atomic E-state index is 13.6. The van der Waals surface area contributed by atoms with Crippen molar-refractivity contribution in [2.75, 3.05) is 13.1 Å². The second kappa shape index (κ2) is 5.71. The highest BCUT2D eigenvalue weighted by Gasteiger charge is 2.53. The first-order chi connectivity index (χ1) is 13.1. The van der Waals surface area contributed by atoms with Gasteiger partial charge in [0.25, 0.3) is 5.91 Å². The number of fused-ring (bicyclic) bond motifs is 5. The maximum Gasteiger partial charge on any atom is 0.255 e. The van der Waals surface area contributed by atoms with Gasteiger partial charge in [0, 0.05) is 24.0 Å². The van der Waals surface area contributed by atoms with E-state index in [9.17, 15) is 9.59 Å². The lowest BCUT2D eigenvalue weighted by atomic mass is 9.83. The molecule has 2 aromatic carbocycles. The molecule has 2 aliphatic heterocycles. The largest absolute Gasteiger partial charge is 0.356 e. The number of hydrogen-bond acceptors (Lipinski definition) is 2. The zero-order chi connectivity index (χ0) is 18.6.